The monoisotopic (exact) mass is 223 g/mol. The number of aliphatic hydroxyl groups is 1. The molecule has 0 saturated heterocycles. The Morgan fingerprint density at radius 1 is 1.38 bits per heavy atom. The summed E-state index contributed by atoms with van der Waals surface area (Å²) in [5.41, 5.74) is 2.32. The SMILES string of the molecule is CCCOc1c(C)cccc1CNCCO. The van der Waals surface area contributed by atoms with Crippen molar-refractivity contribution >= 4 is 0 Å². The van der Waals surface area contributed by atoms with E-state index in [1.165, 1.54) is 0 Å². The molecular weight excluding hydrogens is 202 g/mol. The molecule has 3 nitrogen and oxygen atoms in total. The number of benzene rings is 1. The van der Waals surface area contributed by atoms with Crippen molar-refractivity contribution in [3.05, 3.63) is 29.3 Å². The Bertz CT molecular complexity index is 313. The molecule has 0 aliphatic rings. The van der Waals surface area contributed by atoms with Gasteiger partial charge < -0.3 is 15.2 Å². The number of hydrogen-bond acceptors (Lipinski definition) is 3. The lowest BCUT2D eigenvalue weighted by Gasteiger charge is -2.14. The predicted molar refractivity (Wildman–Crippen MR) is 65.8 cm³/mol. The van der Waals surface area contributed by atoms with E-state index in [2.05, 4.69) is 31.3 Å². The molecule has 0 saturated carbocycles. The lowest BCUT2D eigenvalue weighted by atomic mass is 10.1. The van der Waals surface area contributed by atoms with E-state index in [4.69, 9.17) is 9.84 Å². The highest BCUT2D eigenvalue weighted by Gasteiger charge is 2.05. The summed E-state index contributed by atoms with van der Waals surface area (Å²) in [6, 6.07) is 6.15. The summed E-state index contributed by atoms with van der Waals surface area (Å²) in [6.07, 6.45) is 1.01. The van der Waals surface area contributed by atoms with Gasteiger partial charge in [-0.05, 0) is 18.9 Å². The maximum atomic E-state index is 8.72. The lowest BCUT2D eigenvalue weighted by Crippen LogP contribution is -2.18. The zero-order valence-corrected chi connectivity index (χ0v) is 10.1. The molecule has 1 aromatic carbocycles. The van der Waals surface area contributed by atoms with Crippen molar-refractivity contribution in [2.45, 2.75) is 26.8 Å². The van der Waals surface area contributed by atoms with Gasteiger partial charge in [-0.3, -0.25) is 0 Å². The molecule has 0 aliphatic carbocycles. The van der Waals surface area contributed by atoms with Gasteiger partial charge in [0.2, 0.25) is 0 Å². The summed E-state index contributed by atoms with van der Waals surface area (Å²) >= 11 is 0. The third kappa shape index (κ3) is 3.83. The van der Waals surface area contributed by atoms with Crippen molar-refractivity contribution in [3.8, 4) is 5.75 Å². The third-order valence-corrected chi connectivity index (χ3v) is 2.35. The first-order chi connectivity index (χ1) is 7.79. The van der Waals surface area contributed by atoms with Gasteiger partial charge in [0.15, 0.2) is 0 Å². The summed E-state index contributed by atoms with van der Waals surface area (Å²) in [6.45, 7) is 6.42. The lowest BCUT2D eigenvalue weighted by molar-refractivity contribution is 0.289. The molecule has 3 heteroatoms. The van der Waals surface area contributed by atoms with E-state index in [1.54, 1.807) is 0 Å². The van der Waals surface area contributed by atoms with Crippen molar-refractivity contribution in [2.75, 3.05) is 19.8 Å². The fraction of sp³-hybridized carbons (Fsp3) is 0.538. The predicted octanol–water partition coefficient (Wildman–Crippen LogP) is 1.87. The molecule has 0 spiro atoms. The summed E-state index contributed by atoms with van der Waals surface area (Å²) in [5.74, 6) is 0.981. The van der Waals surface area contributed by atoms with Gasteiger partial charge in [-0.15, -0.1) is 0 Å². The van der Waals surface area contributed by atoms with E-state index < -0.39 is 0 Å². The first kappa shape index (κ1) is 13.0. The number of ether oxygens (including phenoxy) is 1. The van der Waals surface area contributed by atoms with Gasteiger partial charge in [-0.25, -0.2) is 0 Å². The Kier molecular flexibility index (Phi) is 5.90. The van der Waals surface area contributed by atoms with Gasteiger partial charge in [0.05, 0.1) is 13.2 Å². The molecule has 1 aromatic rings. The Labute approximate surface area is 97.4 Å². The molecule has 0 radical (unpaired) electrons. The topological polar surface area (TPSA) is 41.5 Å². The van der Waals surface area contributed by atoms with Crippen LogP contribution in [0.4, 0.5) is 0 Å². The fourth-order valence-electron chi connectivity index (χ4n) is 1.57. The molecule has 0 amide bonds. The second-order valence-corrected chi connectivity index (χ2v) is 3.81. The largest absolute Gasteiger partial charge is 0.493 e. The average molecular weight is 223 g/mol. The van der Waals surface area contributed by atoms with Crippen LogP contribution in [0.25, 0.3) is 0 Å². The summed E-state index contributed by atoms with van der Waals surface area (Å²) in [7, 11) is 0. The van der Waals surface area contributed by atoms with Crippen molar-refractivity contribution in [1.29, 1.82) is 0 Å². The summed E-state index contributed by atoms with van der Waals surface area (Å²) in [5, 5.41) is 11.9. The molecule has 90 valence electrons. The normalized spacial score (nSPS) is 10.4. The van der Waals surface area contributed by atoms with Crippen LogP contribution in [-0.2, 0) is 6.54 Å². The zero-order chi connectivity index (χ0) is 11.8. The minimum Gasteiger partial charge on any atom is -0.493 e. The molecule has 0 atom stereocenters. The molecule has 0 bridgehead atoms. The minimum absolute atomic E-state index is 0.164. The van der Waals surface area contributed by atoms with Crippen LogP contribution >= 0.6 is 0 Å². The summed E-state index contributed by atoms with van der Waals surface area (Å²) in [4.78, 5) is 0. The van der Waals surface area contributed by atoms with Crippen LogP contribution in [0.2, 0.25) is 0 Å². The van der Waals surface area contributed by atoms with Crippen LogP contribution in [0.3, 0.4) is 0 Å². The Morgan fingerprint density at radius 3 is 2.88 bits per heavy atom. The Balaban J connectivity index is 2.68. The van der Waals surface area contributed by atoms with E-state index in [0.29, 0.717) is 6.54 Å². The first-order valence-electron chi connectivity index (χ1n) is 5.82. The van der Waals surface area contributed by atoms with E-state index in [0.717, 1.165) is 36.4 Å². The zero-order valence-electron chi connectivity index (χ0n) is 10.1. The molecule has 0 aliphatic heterocycles. The number of hydrogen-bond donors (Lipinski definition) is 2. The van der Waals surface area contributed by atoms with E-state index >= 15 is 0 Å². The van der Waals surface area contributed by atoms with Crippen molar-refractivity contribution in [2.24, 2.45) is 0 Å². The van der Waals surface area contributed by atoms with Crippen LogP contribution in [0, 0.1) is 6.92 Å². The standard InChI is InChI=1S/C13H21NO2/c1-3-9-16-13-11(2)5-4-6-12(13)10-14-7-8-15/h4-6,14-15H,3,7-10H2,1-2H3. The highest BCUT2D eigenvalue weighted by molar-refractivity contribution is 5.40. The fourth-order valence-corrected chi connectivity index (χ4v) is 1.57. The van der Waals surface area contributed by atoms with Crippen LogP contribution in [0.15, 0.2) is 18.2 Å². The molecule has 16 heavy (non-hydrogen) atoms. The molecule has 0 unspecified atom stereocenters. The molecule has 2 N–H and O–H groups in total. The minimum atomic E-state index is 0.164. The van der Waals surface area contributed by atoms with Gasteiger partial charge in [-0.2, -0.15) is 0 Å². The van der Waals surface area contributed by atoms with Gasteiger partial charge in [-0.1, -0.05) is 25.1 Å². The molecule has 1 rings (SSSR count). The van der Waals surface area contributed by atoms with Crippen molar-refractivity contribution in [1.82, 2.24) is 5.32 Å². The van der Waals surface area contributed by atoms with E-state index in [-0.39, 0.29) is 6.61 Å². The van der Waals surface area contributed by atoms with Gasteiger partial charge in [0.25, 0.3) is 0 Å². The van der Waals surface area contributed by atoms with Crippen LogP contribution in [0.5, 0.6) is 5.75 Å². The molecule has 0 fully saturated rings. The van der Waals surface area contributed by atoms with E-state index in [1.807, 2.05) is 6.07 Å². The second-order valence-electron chi connectivity index (χ2n) is 3.81. The second kappa shape index (κ2) is 7.25. The molecule has 0 aromatic heterocycles. The molecular formula is C13H21NO2. The smallest absolute Gasteiger partial charge is 0.126 e. The Hall–Kier alpha value is -1.06. The van der Waals surface area contributed by atoms with Crippen LogP contribution in [-0.4, -0.2) is 24.9 Å². The van der Waals surface area contributed by atoms with E-state index in [9.17, 15) is 0 Å². The number of para-hydroxylation sites is 1. The van der Waals surface area contributed by atoms with Crippen molar-refractivity contribution in [3.63, 3.8) is 0 Å². The number of aryl methyl sites for hydroxylation is 1. The van der Waals surface area contributed by atoms with Gasteiger partial charge >= 0.3 is 0 Å². The maximum absolute atomic E-state index is 8.72. The quantitative estimate of drug-likeness (QED) is 0.693. The van der Waals surface area contributed by atoms with Crippen molar-refractivity contribution < 1.29 is 9.84 Å². The summed E-state index contributed by atoms with van der Waals surface area (Å²) < 4.78 is 5.75. The molecule has 0 heterocycles. The number of rotatable bonds is 7. The van der Waals surface area contributed by atoms with Crippen LogP contribution in [0.1, 0.15) is 24.5 Å². The van der Waals surface area contributed by atoms with Crippen LogP contribution < -0.4 is 10.1 Å². The number of nitrogens with one attached hydrogen (secondary N) is 1. The number of aliphatic hydroxyl groups excluding tert-OH is 1. The maximum Gasteiger partial charge on any atom is 0.126 e. The highest BCUT2D eigenvalue weighted by atomic mass is 16.5. The highest BCUT2D eigenvalue weighted by Crippen LogP contribution is 2.23. The van der Waals surface area contributed by atoms with Gasteiger partial charge in [0, 0.05) is 18.7 Å². The van der Waals surface area contributed by atoms with Gasteiger partial charge in [0.1, 0.15) is 5.75 Å². The first-order valence-corrected chi connectivity index (χ1v) is 5.82. The third-order valence-electron chi connectivity index (χ3n) is 2.35. The average Bonchev–Trinajstić information content (AvgIpc) is 2.28. The Morgan fingerprint density at radius 2 is 2.19 bits per heavy atom.